The van der Waals surface area contributed by atoms with E-state index in [2.05, 4.69) is 27.1 Å². The molecule has 1 aliphatic carbocycles. The molecule has 1 aromatic heterocycles. The highest BCUT2D eigenvalue weighted by molar-refractivity contribution is 5.79. The van der Waals surface area contributed by atoms with Crippen LogP contribution in [-0.2, 0) is 11.2 Å². The first-order valence-electron chi connectivity index (χ1n) is 10.1. The summed E-state index contributed by atoms with van der Waals surface area (Å²) in [5.74, 6) is 0.911. The van der Waals surface area contributed by atoms with Gasteiger partial charge in [0.2, 0.25) is 11.9 Å². The molecule has 1 aromatic rings. The second-order valence-electron chi connectivity index (χ2n) is 8.02. The van der Waals surface area contributed by atoms with Gasteiger partial charge in [-0.25, -0.2) is 9.97 Å². The number of aromatic nitrogens is 2. The van der Waals surface area contributed by atoms with Crippen molar-refractivity contribution in [3.8, 4) is 0 Å². The van der Waals surface area contributed by atoms with E-state index >= 15 is 0 Å². The van der Waals surface area contributed by atoms with Gasteiger partial charge in [0.05, 0.1) is 6.42 Å². The largest absolute Gasteiger partial charge is 0.368 e. The topological polar surface area (TPSA) is 84.1 Å². The second kappa shape index (κ2) is 8.33. The molecule has 1 saturated heterocycles. The van der Waals surface area contributed by atoms with Crippen molar-refractivity contribution in [1.82, 2.24) is 20.2 Å². The molecule has 0 spiro atoms. The van der Waals surface area contributed by atoms with Gasteiger partial charge in [0.15, 0.2) is 0 Å². The summed E-state index contributed by atoms with van der Waals surface area (Å²) < 4.78 is 0. The molecule has 0 bridgehead atoms. The maximum Gasteiger partial charge on any atom is 0.224 e. The molecule has 1 saturated carbocycles. The van der Waals surface area contributed by atoms with Crippen LogP contribution in [0.4, 0.5) is 5.95 Å². The maximum atomic E-state index is 12.7. The first-order valence-corrected chi connectivity index (χ1v) is 10.1. The van der Waals surface area contributed by atoms with E-state index in [1.165, 1.54) is 38.5 Å². The van der Waals surface area contributed by atoms with Crippen LogP contribution in [0.2, 0.25) is 0 Å². The van der Waals surface area contributed by atoms with Gasteiger partial charge in [-0.05, 0) is 39.0 Å². The van der Waals surface area contributed by atoms with Gasteiger partial charge in [-0.15, -0.1) is 0 Å². The SMILES string of the molecule is CCC[C@@H]1CN(C2CCCC2)C[C@H]1NC(=O)Cc1c(C)nc(N)nc1C. The van der Waals surface area contributed by atoms with E-state index in [1.807, 2.05) is 13.8 Å². The minimum absolute atomic E-state index is 0.0731. The van der Waals surface area contributed by atoms with Crippen molar-refractivity contribution in [3.63, 3.8) is 0 Å². The number of likely N-dealkylation sites (tertiary alicyclic amines) is 1. The number of nitrogen functional groups attached to an aromatic ring is 1. The van der Waals surface area contributed by atoms with Crippen molar-refractivity contribution >= 4 is 11.9 Å². The van der Waals surface area contributed by atoms with Gasteiger partial charge < -0.3 is 11.1 Å². The van der Waals surface area contributed by atoms with Gasteiger partial charge in [-0.3, -0.25) is 9.69 Å². The Morgan fingerprint density at radius 2 is 1.85 bits per heavy atom. The number of rotatable bonds is 6. The zero-order chi connectivity index (χ0) is 18.7. The fraction of sp³-hybridized carbons (Fsp3) is 0.750. The summed E-state index contributed by atoms with van der Waals surface area (Å²) in [6.45, 7) is 8.15. The van der Waals surface area contributed by atoms with Crippen LogP contribution in [0.5, 0.6) is 0 Å². The number of nitrogens with zero attached hydrogens (tertiary/aromatic N) is 3. The normalized spacial score (nSPS) is 24.3. The van der Waals surface area contributed by atoms with Gasteiger partial charge in [-0.2, -0.15) is 0 Å². The van der Waals surface area contributed by atoms with Gasteiger partial charge in [0.1, 0.15) is 0 Å². The highest BCUT2D eigenvalue weighted by Crippen LogP contribution is 2.30. The van der Waals surface area contributed by atoms with E-state index < -0.39 is 0 Å². The molecule has 0 aromatic carbocycles. The van der Waals surface area contributed by atoms with Crippen LogP contribution in [0.25, 0.3) is 0 Å². The van der Waals surface area contributed by atoms with Crippen molar-refractivity contribution in [2.75, 3.05) is 18.8 Å². The first kappa shape index (κ1) is 19.1. The number of carbonyl (C=O) groups excluding carboxylic acids is 1. The number of hydrogen-bond acceptors (Lipinski definition) is 5. The Balaban J connectivity index is 1.63. The summed E-state index contributed by atoms with van der Waals surface area (Å²) in [6, 6.07) is 0.990. The van der Waals surface area contributed by atoms with Crippen LogP contribution in [0.3, 0.4) is 0 Å². The number of nitrogens with two attached hydrogens (primary N) is 1. The van der Waals surface area contributed by atoms with Crippen molar-refractivity contribution in [2.45, 2.75) is 77.8 Å². The predicted molar refractivity (Wildman–Crippen MR) is 104 cm³/mol. The third-order valence-electron chi connectivity index (χ3n) is 6.09. The zero-order valence-electron chi connectivity index (χ0n) is 16.4. The third kappa shape index (κ3) is 4.34. The molecule has 144 valence electrons. The Kier molecular flexibility index (Phi) is 6.12. The number of anilines is 1. The molecule has 2 fully saturated rings. The van der Waals surface area contributed by atoms with Crippen LogP contribution in [0, 0.1) is 19.8 Å². The van der Waals surface area contributed by atoms with Crippen molar-refractivity contribution in [2.24, 2.45) is 5.92 Å². The average molecular weight is 360 g/mol. The van der Waals surface area contributed by atoms with E-state index in [1.54, 1.807) is 0 Å². The van der Waals surface area contributed by atoms with E-state index in [4.69, 9.17) is 5.73 Å². The lowest BCUT2D eigenvalue weighted by atomic mass is 9.98. The van der Waals surface area contributed by atoms with Crippen LogP contribution in [0.15, 0.2) is 0 Å². The molecule has 2 heterocycles. The number of amides is 1. The molecule has 0 radical (unpaired) electrons. The molecule has 2 aliphatic rings. The zero-order valence-corrected chi connectivity index (χ0v) is 16.4. The average Bonchev–Trinajstić information content (AvgIpc) is 3.21. The van der Waals surface area contributed by atoms with Crippen molar-refractivity contribution in [1.29, 1.82) is 0 Å². The second-order valence-corrected chi connectivity index (χ2v) is 8.02. The molecule has 1 amide bonds. The number of carbonyl (C=O) groups is 1. The summed E-state index contributed by atoms with van der Waals surface area (Å²) in [5, 5.41) is 3.32. The maximum absolute atomic E-state index is 12.7. The summed E-state index contributed by atoms with van der Waals surface area (Å²) in [7, 11) is 0. The lowest BCUT2D eigenvalue weighted by molar-refractivity contribution is -0.121. The Labute approximate surface area is 157 Å². The van der Waals surface area contributed by atoms with Gasteiger partial charge in [-0.1, -0.05) is 26.2 Å². The summed E-state index contributed by atoms with van der Waals surface area (Å²) >= 11 is 0. The molecule has 3 N–H and O–H groups in total. The minimum atomic E-state index is 0.0731. The van der Waals surface area contributed by atoms with Crippen LogP contribution < -0.4 is 11.1 Å². The number of nitrogens with one attached hydrogen (secondary N) is 1. The van der Waals surface area contributed by atoms with Crippen LogP contribution in [-0.4, -0.2) is 45.9 Å². The Bertz CT molecular complexity index is 618. The highest BCUT2D eigenvalue weighted by atomic mass is 16.1. The summed E-state index contributed by atoms with van der Waals surface area (Å²) in [6.07, 6.45) is 8.02. The molecule has 26 heavy (non-hydrogen) atoms. The smallest absolute Gasteiger partial charge is 0.224 e. The van der Waals surface area contributed by atoms with E-state index in [9.17, 15) is 4.79 Å². The predicted octanol–water partition coefficient (Wildman–Crippen LogP) is 2.38. The molecule has 6 heteroatoms. The third-order valence-corrected chi connectivity index (χ3v) is 6.09. The molecule has 3 rings (SSSR count). The molecule has 0 unspecified atom stereocenters. The van der Waals surface area contributed by atoms with Gasteiger partial charge in [0.25, 0.3) is 0 Å². The van der Waals surface area contributed by atoms with Crippen LogP contribution >= 0.6 is 0 Å². The minimum Gasteiger partial charge on any atom is -0.368 e. The fourth-order valence-electron chi connectivity index (χ4n) is 4.74. The van der Waals surface area contributed by atoms with Crippen LogP contribution in [0.1, 0.15) is 62.4 Å². The molecular weight excluding hydrogens is 326 g/mol. The lowest BCUT2D eigenvalue weighted by Gasteiger charge is -2.23. The van der Waals surface area contributed by atoms with E-state index in [0.717, 1.165) is 36.1 Å². The van der Waals surface area contributed by atoms with Crippen molar-refractivity contribution in [3.05, 3.63) is 17.0 Å². The molecular formula is C20H33N5O. The van der Waals surface area contributed by atoms with Gasteiger partial charge in [0, 0.05) is 42.1 Å². The lowest BCUT2D eigenvalue weighted by Crippen LogP contribution is -2.42. The van der Waals surface area contributed by atoms with E-state index in [-0.39, 0.29) is 17.9 Å². The standard InChI is InChI=1S/C20H33N5O/c1-4-7-15-11-25(16-8-5-6-9-16)12-18(15)24-19(26)10-17-13(2)22-20(21)23-14(17)3/h15-16,18H,4-12H2,1-3H3,(H,24,26)(H2,21,22,23)/t15-,18-/m1/s1. The van der Waals surface area contributed by atoms with E-state index in [0.29, 0.717) is 12.3 Å². The van der Waals surface area contributed by atoms with Crippen molar-refractivity contribution < 1.29 is 4.79 Å². The Hall–Kier alpha value is -1.69. The fourth-order valence-corrected chi connectivity index (χ4v) is 4.74. The molecule has 1 aliphatic heterocycles. The number of hydrogen-bond donors (Lipinski definition) is 2. The highest BCUT2D eigenvalue weighted by Gasteiger charge is 2.37. The first-order chi connectivity index (χ1) is 12.5. The summed E-state index contributed by atoms with van der Waals surface area (Å²) in [5.41, 5.74) is 8.19. The molecule has 2 atom stereocenters. The Morgan fingerprint density at radius 1 is 1.19 bits per heavy atom. The Morgan fingerprint density at radius 3 is 2.46 bits per heavy atom. The monoisotopic (exact) mass is 359 g/mol. The number of aryl methyl sites for hydroxylation is 2. The van der Waals surface area contributed by atoms with Gasteiger partial charge >= 0.3 is 0 Å². The molecule has 6 nitrogen and oxygen atoms in total. The quantitative estimate of drug-likeness (QED) is 0.815. The summed E-state index contributed by atoms with van der Waals surface area (Å²) in [4.78, 5) is 23.8.